The molecule has 2 rings (SSSR count). The van der Waals surface area contributed by atoms with E-state index in [4.69, 9.17) is 5.73 Å². The zero-order chi connectivity index (χ0) is 14.7. The lowest BCUT2D eigenvalue weighted by Gasteiger charge is -2.30. The predicted octanol–water partition coefficient (Wildman–Crippen LogP) is 4.20. The molecule has 20 heavy (non-hydrogen) atoms. The van der Waals surface area contributed by atoms with Crippen LogP contribution in [-0.2, 0) is 0 Å². The molecule has 106 valence electrons. The number of likely N-dealkylation sites (N-methyl/N-ethyl adjacent to an activating group) is 1. The first kappa shape index (κ1) is 15.1. The predicted molar refractivity (Wildman–Crippen MR) is 90.3 cm³/mol. The number of benzene rings is 2. The summed E-state index contributed by atoms with van der Waals surface area (Å²) >= 11 is 3.66. The first-order valence-corrected chi connectivity index (χ1v) is 7.58. The molecule has 0 fully saturated rings. The molecule has 0 aliphatic rings. The third kappa shape index (κ3) is 3.22. The van der Waals surface area contributed by atoms with Gasteiger partial charge in [0.2, 0.25) is 0 Å². The highest BCUT2D eigenvalue weighted by atomic mass is 79.9. The fourth-order valence-corrected chi connectivity index (χ4v) is 3.18. The van der Waals surface area contributed by atoms with Crippen LogP contribution in [0, 0.1) is 13.8 Å². The van der Waals surface area contributed by atoms with Crippen molar-refractivity contribution in [3.8, 4) is 0 Å². The largest absolute Gasteiger partial charge is 0.366 e. The molecule has 0 heterocycles. The minimum Gasteiger partial charge on any atom is -0.366 e. The lowest BCUT2D eigenvalue weighted by atomic mass is 10.0. The smallest absolute Gasteiger partial charge is 0.0672 e. The molecule has 0 bridgehead atoms. The number of hydrogen-bond donors (Lipinski definition) is 1. The van der Waals surface area contributed by atoms with Crippen molar-refractivity contribution in [2.45, 2.75) is 19.9 Å². The highest BCUT2D eigenvalue weighted by Gasteiger charge is 2.18. The molecule has 0 amide bonds. The maximum absolute atomic E-state index is 6.03. The van der Waals surface area contributed by atoms with Gasteiger partial charge < -0.3 is 10.6 Å². The molecule has 2 nitrogen and oxygen atoms in total. The zero-order valence-electron chi connectivity index (χ0n) is 12.2. The van der Waals surface area contributed by atoms with Crippen LogP contribution in [-0.4, -0.2) is 13.6 Å². The van der Waals surface area contributed by atoms with Crippen molar-refractivity contribution >= 4 is 21.6 Å². The van der Waals surface area contributed by atoms with Crippen LogP contribution in [0.4, 0.5) is 5.69 Å². The van der Waals surface area contributed by atoms with Crippen LogP contribution in [0.1, 0.15) is 22.7 Å². The average molecular weight is 333 g/mol. The van der Waals surface area contributed by atoms with Gasteiger partial charge in [0.15, 0.2) is 0 Å². The second-order valence-corrected chi connectivity index (χ2v) is 6.08. The molecular formula is C17H21BrN2. The Balaban J connectivity index is 2.36. The lowest BCUT2D eigenvalue weighted by Crippen LogP contribution is -2.30. The summed E-state index contributed by atoms with van der Waals surface area (Å²) in [5, 5.41) is 0. The fourth-order valence-electron chi connectivity index (χ4n) is 2.42. The Hall–Kier alpha value is -1.32. The molecule has 0 aliphatic carbocycles. The van der Waals surface area contributed by atoms with E-state index >= 15 is 0 Å². The summed E-state index contributed by atoms with van der Waals surface area (Å²) in [6.45, 7) is 4.78. The second-order valence-electron chi connectivity index (χ2n) is 5.23. The summed E-state index contributed by atoms with van der Waals surface area (Å²) in [5.74, 6) is 0. The van der Waals surface area contributed by atoms with Gasteiger partial charge in [0, 0.05) is 23.8 Å². The first-order chi connectivity index (χ1) is 9.52. The van der Waals surface area contributed by atoms with Crippen LogP contribution in [0.15, 0.2) is 46.9 Å². The zero-order valence-corrected chi connectivity index (χ0v) is 13.8. The average Bonchev–Trinajstić information content (AvgIpc) is 2.41. The number of nitrogens with two attached hydrogens (primary N) is 1. The summed E-state index contributed by atoms with van der Waals surface area (Å²) in [4.78, 5) is 2.24. The molecule has 0 aliphatic heterocycles. The number of halogens is 1. The van der Waals surface area contributed by atoms with Crippen LogP contribution < -0.4 is 10.6 Å². The standard InChI is InChI=1S/C17H21BrN2/c1-12-5-4-6-14(9-12)20(3)17(11-19)15-8-7-13(2)10-16(15)18/h4-10,17H,11,19H2,1-3H3. The van der Waals surface area contributed by atoms with Gasteiger partial charge in [-0.25, -0.2) is 0 Å². The van der Waals surface area contributed by atoms with Crippen LogP contribution >= 0.6 is 15.9 Å². The minimum absolute atomic E-state index is 0.159. The Morgan fingerprint density at radius 3 is 2.40 bits per heavy atom. The maximum atomic E-state index is 6.03. The normalized spacial score (nSPS) is 12.2. The van der Waals surface area contributed by atoms with Crippen molar-refractivity contribution in [3.63, 3.8) is 0 Å². The van der Waals surface area contributed by atoms with E-state index < -0.39 is 0 Å². The van der Waals surface area contributed by atoms with Crippen molar-refractivity contribution in [1.82, 2.24) is 0 Å². The summed E-state index contributed by atoms with van der Waals surface area (Å²) in [7, 11) is 2.10. The van der Waals surface area contributed by atoms with E-state index in [1.165, 1.54) is 22.4 Å². The van der Waals surface area contributed by atoms with E-state index in [0.29, 0.717) is 6.54 Å². The monoisotopic (exact) mass is 332 g/mol. The Labute approximate surface area is 129 Å². The summed E-state index contributed by atoms with van der Waals surface area (Å²) in [6, 6.07) is 15.1. The number of hydrogen-bond acceptors (Lipinski definition) is 2. The number of anilines is 1. The van der Waals surface area contributed by atoms with Gasteiger partial charge in [0.1, 0.15) is 0 Å². The van der Waals surface area contributed by atoms with Crippen molar-refractivity contribution in [2.24, 2.45) is 5.73 Å². The van der Waals surface area contributed by atoms with Crippen LogP contribution in [0.25, 0.3) is 0 Å². The van der Waals surface area contributed by atoms with Crippen LogP contribution in [0.3, 0.4) is 0 Å². The highest BCUT2D eigenvalue weighted by molar-refractivity contribution is 9.10. The molecule has 0 saturated carbocycles. The van der Waals surface area contributed by atoms with Crippen molar-refractivity contribution in [1.29, 1.82) is 0 Å². The van der Waals surface area contributed by atoms with E-state index in [0.717, 1.165) is 4.47 Å². The SMILES string of the molecule is Cc1cccc(N(C)C(CN)c2ccc(C)cc2Br)c1. The molecule has 2 aromatic rings. The third-order valence-electron chi connectivity index (χ3n) is 3.61. The number of nitrogens with zero attached hydrogens (tertiary/aromatic N) is 1. The topological polar surface area (TPSA) is 29.3 Å². The molecule has 0 aromatic heterocycles. The van der Waals surface area contributed by atoms with Gasteiger partial charge in [-0.3, -0.25) is 0 Å². The van der Waals surface area contributed by atoms with Gasteiger partial charge in [-0.2, -0.15) is 0 Å². The van der Waals surface area contributed by atoms with Crippen molar-refractivity contribution < 1.29 is 0 Å². The summed E-state index contributed by atoms with van der Waals surface area (Å²) < 4.78 is 1.12. The maximum Gasteiger partial charge on any atom is 0.0672 e. The van der Waals surface area contributed by atoms with E-state index in [1.807, 2.05) is 0 Å². The Morgan fingerprint density at radius 1 is 1.10 bits per heavy atom. The lowest BCUT2D eigenvalue weighted by molar-refractivity contribution is 0.677. The molecule has 2 aromatic carbocycles. The van der Waals surface area contributed by atoms with Gasteiger partial charge in [-0.1, -0.05) is 40.2 Å². The van der Waals surface area contributed by atoms with E-state index in [9.17, 15) is 0 Å². The molecule has 0 radical (unpaired) electrons. The number of aryl methyl sites for hydroxylation is 2. The molecule has 1 unspecified atom stereocenters. The third-order valence-corrected chi connectivity index (χ3v) is 4.30. The van der Waals surface area contributed by atoms with Gasteiger partial charge in [0.05, 0.1) is 6.04 Å². The molecular weight excluding hydrogens is 312 g/mol. The Bertz CT molecular complexity index is 595. The van der Waals surface area contributed by atoms with E-state index in [2.05, 4.69) is 84.2 Å². The van der Waals surface area contributed by atoms with Gasteiger partial charge in [0.25, 0.3) is 0 Å². The summed E-state index contributed by atoms with van der Waals surface area (Å²) in [5.41, 5.74) is 10.9. The fraction of sp³-hybridized carbons (Fsp3) is 0.294. The van der Waals surface area contributed by atoms with Gasteiger partial charge in [-0.05, 0) is 48.7 Å². The van der Waals surface area contributed by atoms with Crippen molar-refractivity contribution in [2.75, 3.05) is 18.5 Å². The van der Waals surface area contributed by atoms with Gasteiger partial charge in [-0.15, -0.1) is 0 Å². The molecule has 0 saturated heterocycles. The molecule has 2 N–H and O–H groups in total. The van der Waals surface area contributed by atoms with Crippen LogP contribution in [0.5, 0.6) is 0 Å². The Kier molecular flexibility index (Phi) is 4.84. The Morgan fingerprint density at radius 2 is 1.80 bits per heavy atom. The molecule has 0 spiro atoms. The molecule has 1 atom stereocenters. The first-order valence-electron chi connectivity index (χ1n) is 6.78. The number of rotatable bonds is 4. The minimum atomic E-state index is 0.159. The van der Waals surface area contributed by atoms with Crippen LogP contribution in [0.2, 0.25) is 0 Å². The summed E-state index contributed by atoms with van der Waals surface area (Å²) in [6.07, 6.45) is 0. The van der Waals surface area contributed by atoms with Gasteiger partial charge >= 0.3 is 0 Å². The molecule has 3 heteroatoms. The quantitative estimate of drug-likeness (QED) is 0.908. The van der Waals surface area contributed by atoms with E-state index in [-0.39, 0.29) is 6.04 Å². The highest BCUT2D eigenvalue weighted by Crippen LogP contribution is 2.30. The van der Waals surface area contributed by atoms with E-state index in [1.54, 1.807) is 0 Å². The van der Waals surface area contributed by atoms with Crippen molar-refractivity contribution in [3.05, 3.63) is 63.6 Å². The second kappa shape index (κ2) is 6.42.